The highest BCUT2D eigenvalue weighted by molar-refractivity contribution is 5.68. The monoisotopic (exact) mass is 176 g/mol. The van der Waals surface area contributed by atoms with E-state index in [1.807, 2.05) is 0 Å². The molecule has 2 nitrogen and oxygen atoms in total. The smallest absolute Gasteiger partial charge is 0.0691 e. The van der Waals surface area contributed by atoms with Gasteiger partial charge in [-0.1, -0.05) is 12.2 Å². The molecule has 2 heteroatoms. The lowest BCUT2D eigenvalue weighted by Gasteiger charge is -2.23. The van der Waals surface area contributed by atoms with Crippen LogP contribution in [0.15, 0.2) is 41.3 Å². The molecule has 1 saturated heterocycles. The van der Waals surface area contributed by atoms with Crippen molar-refractivity contribution in [3.05, 3.63) is 36.3 Å². The average molecular weight is 176 g/mol. The zero-order valence-electron chi connectivity index (χ0n) is 11.0. The van der Waals surface area contributed by atoms with Crippen molar-refractivity contribution in [1.82, 2.24) is 4.90 Å². The molecular weight excluding hydrogens is 160 g/mol. The van der Waals surface area contributed by atoms with Crippen molar-refractivity contribution >= 4 is 6.21 Å². The van der Waals surface area contributed by atoms with Crippen LogP contribution in [0.25, 0.3) is 0 Å². The first-order valence-corrected chi connectivity index (χ1v) is 4.25. The van der Waals surface area contributed by atoms with Crippen molar-refractivity contribution < 1.29 is 5.48 Å². The molecule has 13 heavy (non-hydrogen) atoms. The summed E-state index contributed by atoms with van der Waals surface area (Å²) in [5, 5.41) is 0. The molecular formula is C11H12N2. The van der Waals surface area contributed by atoms with Gasteiger partial charge in [-0.15, -0.1) is 0 Å². The second-order valence-corrected chi connectivity index (χ2v) is 3.07. The van der Waals surface area contributed by atoms with Gasteiger partial charge in [0.05, 0.1) is 7.39 Å². The van der Waals surface area contributed by atoms with E-state index in [0.717, 1.165) is 0 Å². The van der Waals surface area contributed by atoms with E-state index in [9.17, 15) is 0 Å². The molecule has 0 amide bonds. The van der Waals surface area contributed by atoms with E-state index in [0.29, 0.717) is 5.70 Å². The molecule has 66 valence electrons. The van der Waals surface area contributed by atoms with Crippen LogP contribution in [-0.2, 0) is 0 Å². The van der Waals surface area contributed by atoms with Gasteiger partial charge in [0.25, 0.3) is 0 Å². The third kappa shape index (κ3) is 0.981. The first kappa shape index (κ1) is 4.27. The van der Waals surface area contributed by atoms with Crippen molar-refractivity contribution in [1.29, 1.82) is 0 Å². The fraction of sp³-hybridized carbons (Fsp3) is 0.364. The minimum absolute atomic E-state index is 0.539. The Kier molecular flexibility index (Phi) is 0.850. The normalized spacial score (nSPS) is 61.5. The van der Waals surface area contributed by atoms with Crippen LogP contribution in [0.3, 0.4) is 0 Å². The van der Waals surface area contributed by atoms with Gasteiger partial charge in [-0.2, -0.15) is 0 Å². The summed E-state index contributed by atoms with van der Waals surface area (Å²) in [6.07, 6.45) is 7.71. The maximum Gasteiger partial charge on any atom is 0.0691 e. The molecule has 0 saturated carbocycles. The molecule has 1 aliphatic carbocycles. The van der Waals surface area contributed by atoms with Crippen molar-refractivity contribution in [3.8, 4) is 0 Å². The minimum atomic E-state index is -1.39. The third-order valence-electron chi connectivity index (χ3n) is 2.29. The summed E-state index contributed by atoms with van der Waals surface area (Å²) in [6, 6.07) is -1.37. The second kappa shape index (κ2) is 2.59. The zero-order valence-corrected chi connectivity index (χ0v) is 7.01. The Morgan fingerprint density at radius 3 is 3.69 bits per heavy atom. The number of aliphatic imine (C=N–C) groups is 1. The van der Waals surface area contributed by atoms with E-state index < -0.39 is 24.7 Å². The summed E-state index contributed by atoms with van der Waals surface area (Å²) >= 11 is 0. The molecule has 0 N–H and O–H groups in total. The fourth-order valence-electron chi connectivity index (χ4n) is 1.69. The van der Waals surface area contributed by atoms with E-state index in [4.69, 9.17) is 5.48 Å². The summed E-state index contributed by atoms with van der Waals surface area (Å²) in [4.78, 5) is 5.49. The van der Waals surface area contributed by atoms with Gasteiger partial charge in [-0.05, 0) is 18.9 Å². The second-order valence-electron chi connectivity index (χ2n) is 3.07. The lowest BCUT2D eigenvalue weighted by atomic mass is 9.96. The number of allylic oxidation sites excluding steroid dienone is 4. The topological polar surface area (TPSA) is 15.6 Å². The van der Waals surface area contributed by atoms with Gasteiger partial charge in [-0.3, -0.25) is 4.99 Å². The van der Waals surface area contributed by atoms with Crippen LogP contribution in [0.1, 0.15) is 18.3 Å². The van der Waals surface area contributed by atoms with Crippen LogP contribution in [-0.4, -0.2) is 17.1 Å². The SMILES string of the molecule is [2H]C1C=CC=C2N3C=CN=CC3([2H])C([2H])C21[2H]. The van der Waals surface area contributed by atoms with Crippen LogP contribution in [0.5, 0.6) is 0 Å². The minimum Gasteiger partial charge on any atom is -0.341 e. The predicted molar refractivity (Wildman–Crippen MR) is 53.2 cm³/mol. The lowest BCUT2D eigenvalue weighted by Crippen LogP contribution is -2.25. The maximum atomic E-state index is 8.42. The van der Waals surface area contributed by atoms with Crippen LogP contribution >= 0.6 is 0 Å². The van der Waals surface area contributed by atoms with E-state index in [1.165, 1.54) is 6.21 Å². The third-order valence-corrected chi connectivity index (χ3v) is 2.29. The molecule has 0 aromatic rings. The summed E-state index contributed by atoms with van der Waals surface area (Å²) in [5.74, 6) is -1.39. The first-order valence-electron chi connectivity index (χ1n) is 6.40. The molecule has 2 aliphatic heterocycles. The Bertz CT molecular complexity index is 484. The van der Waals surface area contributed by atoms with E-state index >= 15 is 0 Å². The van der Waals surface area contributed by atoms with Crippen LogP contribution in [0.2, 0.25) is 0 Å². The Balaban J connectivity index is 2.20. The molecule has 4 unspecified atom stereocenters. The zero-order chi connectivity index (χ0) is 12.3. The average Bonchev–Trinajstić information content (AvgIpc) is 2.49. The van der Waals surface area contributed by atoms with E-state index in [-0.39, 0.29) is 0 Å². The van der Waals surface area contributed by atoms with Gasteiger partial charge in [0.15, 0.2) is 0 Å². The van der Waals surface area contributed by atoms with Gasteiger partial charge < -0.3 is 4.90 Å². The van der Waals surface area contributed by atoms with Crippen molar-refractivity contribution in [2.24, 2.45) is 10.9 Å². The predicted octanol–water partition coefficient (Wildman–Crippen LogP) is 2.08. The number of rotatable bonds is 0. The van der Waals surface area contributed by atoms with Crippen LogP contribution in [0.4, 0.5) is 0 Å². The summed E-state index contributed by atoms with van der Waals surface area (Å²) in [7, 11) is 0. The highest BCUT2D eigenvalue weighted by atomic mass is 15.2. The maximum absolute atomic E-state index is 8.42. The number of nitrogens with zero attached hydrogens (tertiary/aromatic N) is 2. The molecule has 3 aliphatic rings. The van der Waals surface area contributed by atoms with E-state index in [1.54, 1.807) is 35.5 Å². The Labute approximate surface area is 83.6 Å². The number of hydrogen-bond donors (Lipinski definition) is 0. The van der Waals surface area contributed by atoms with Gasteiger partial charge in [-0.25, -0.2) is 0 Å². The van der Waals surface area contributed by atoms with E-state index in [2.05, 4.69) is 4.99 Å². The molecule has 0 bridgehead atoms. The van der Waals surface area contributed by atoms with Gasteiger partial charge in [0.1, 0.15) is 0 Å². The summed E-state index contributed by atoms with van der Waals surface area (Å²) in [5.41, 5.74) is 0.539. The molecule has 0 aromatic carbocycles. The lowest BCUT2D eigenvalue weighted by molar-refractivity contribution is 0.472. The van der Waals surface area contributed by atoms with Gasteiger partial charge in [0, 0.05) is 34.3 Å². The number of hydrogen-bond acceptors (Lipinski definition) is 2. The molecule has 0 spiro atoms. The van der Waals surface area contributed by atoms with Crippen LogP contribution < -0.4 is 0 Å². The largest absolute Gasteiger partial charge is 0.341 e. The van der Waals surface area contributed by atoms with Crippen LogP contribution in [0, 0.1) is 5.89 Å². The molecule has 2 heterocycles. The standard InChI is InChI=1S/C11H12N2/c1-2-4-11-9(3-1)7-10-8-12-5-6-13(10)11/h1-2,4-6,8-10H,3,7H2/i3D,7D,9D,10D. The molecule has 0 radical (unpaired) electrons. The first-order chi connectivity index (χ1) is 8.01. The Hall–Kier alpha value is -1.31. The molecule has 3 rings (SSSR count). The summed E-state index contributed by atoms with van der Waals surface area (Å²) < 4.78 is 32.9. The fourth-order valence-corrected chi connectivity index (χ4v) is 1.69. The summed E-state index contributed by atoms with van der Waals surface area (Å²) in [6.45, 7) is 0. The van der Waals surface area contributed by atoms with Gasteiger partial charge in [0.2, 0.25) is 0 Å². The highest BCUT2D eigenvalue weighted by Crippen LogP contribution is 2.38. The van der Waals surface area contributed by atoms with Crippen molar-refractivity contribution in [2.45, 2.75) is 18.8 Å². The molecule has 1 fully saturated rings. The Morgan fingerprint density at radius 1 is 1.69 bits per heavy atom. The van der Waals surface area contributed by atoms with Crippen molar-refractivity contribution in [3.63, 3.8) is 0 Å². The highest BCUT2D eigenvalue weighted by Gasteiger charge is 2.34. The Morgan fingerprint density at radius 2 is 2.69 bits per heavy atom. The molecule has 0 aromatic heterocycles. The quantitative estimate of drug-likeness (QED) is 0.551. The van der Waals surface area contributed by atoms with Crippen molar-refractivity contribution in [2.75, 3.05) is 0 Å². The number of fused-ring (bicyclic) bond motifs is 3. The van der Waals surface area contributed by atoms with Gasteiger partial charge >= 0.3 is 0 Å². The molecule has 4 atom stereocenters.